The molecule has 0 spiro atoms. The highest BCUT2D eigenvalue weighted by molar-refractivity contribution is 5.93. The van der Waals surface area contributed by atoms with Gasteiger partial charge in [-0.2, -0.15) is 0 Å². The van der Waals surface area contributed by atoms with Crippen molar-refractivity contribution in [1.29, 1.82) is 0 Å². The van der Waals surface area contributed by atoms with Gasteiger partial charge in [-0.05, 0) is 43.9 Å². The van der Waals surface area contributed by atoms with Crippen LogP contribution in [0.2, 0.25) is 0 Å². The van der Waals surface area contributed by atoms with E-state index in [4.69, 9.17) is 0 Å². The topological polar surface area (TPSA) is 81.7 Å². The number of benzene rings is 1. The first-order valence-corrected chi connectivity index (χ1v) is 7.58. The van der Waals surface area contributed by atoms with Gasteiger partial charge in [0.2, 0.25) is 5.91 Å². The summed E-state index contributed by atoms with van der Waals surface area (Å²) in [5.41, 5.74) is 2.24. The maximum Gasteiger partial charge on any atom is 0.322 e. The third-order valence-corrected chi connectivity index (χ3v) is 3.90. The van der Waals surface area contributed by atoms with Crippen LogP contribution in [0.15, 0.2) is 18.2 Å². The molecule has 1 saturated heterocycles. The number of carbonyl (C=O) groups is 2. The number of carbonyl (C=O) groups excluding carboxylic acids is 2. The predicted octanol–water partition coefficient (Wildman–Crippen LogP) is 2.33. The highest BCUT2D eigenvalue weighted by Crippen LogP contribution is 2.22. The van der Waals surface area contributed by atoms with Crippen molar-refractivity contribution in [2.75, 3.05) is 23.8 Å². The van der Waals surface area contributed by atoms with Gasteiger partial charge < -0.3 is 20.6 Å². The standard InChI is InChI=1S/C16H23N3O3/c1-11-6-7-13(9-15(11)17-12(2)21)18-16(22)19-8-4-3-5-14(19)10-20/h6-7,9,14,20H,3-5,8,10H2,1-2H3,(H,17,21)(H,18,22)/t14-/m0/s1. The Morgan fingerprint density at radius 2 is 2.09 bits per heavy atom. The van der Waals surface area contributed by atoms with Crippen LogP contribution in [0, 0.1) is 6.92 Å². The van der Waals surface area contributed by atoms with Crippen molar-refractivity contribution in [2.24, 2.45) is 0 Å². The highest BCUT2D eigenvalue weighted by Gasteiger charge is 2.26. The van der Waals surface area contributed by atoms with Gasteiger partial charge in [0.15, 0.2) is 0 Å². The third kappa shape index (κ3) is 3.98. The van der Waals surface area contributed by atoms with Gasteiger partial charge >= 0.3 is 6.03 Å². The average Bonchev–Trinajstić information content (AvgIpc) is 2.50. The number of piperidine rings is 1. The molecule has 0 radical (unpaired) electrons. The lowest BCUT2D eigenvalue weighted by Crippen LogP contribution is -2.47. The lowest BCUT2D eigenvalue weighted by molar-refractivity contribution is -0.114. The van der Waals surface area contributed by atoms with Crippen molar-refractivity contribution >= 4 is 23.3 Å². The van der Waals surface area contributed by atoms with Crippen LogP contribution in [0.4, 0.5) is 16.2 Å². The molecule has 0 unspecified atom stereocenters. The highest BCUT2D eigenvalue weighted by atomic mass is 16.3. The molecule has 0 aromatic heterocycles. The van der Waals surface area contributed by atoms with Crippen LogP contribution in [-0.4, -0.2) is 41.1 Å². The van der Waals surface area contributed by atoms with Crippen LogP contribution in [0.25, 0.3) is 0 Å². The summed E-state index contributed by atoms with van der Waals surface area (Å²) in [4.78, 5) is 25.2. The van der Waals surface area contributed by atoms with Gasteiger partial charge in [0.05, 0.1) is 12.6 Å². The van der Waals surface area contributed by atoms with Crippen LogP contribution in [-0.2, 0) is 4.79 Å². The molecule has 0 bridgehead atoms. The zero-order chi connectivity index (χ0) is 16.1. The molecule has 120 valence electrons. The molecule has 0 aliphatic carbocycles. The summed E-state index contributed by atoms with van der Waals surface area (Å²) in [6, 6.07) is 5.06. The van der Waals surface area contributed by atoms with Crippen molar-refractivity contribution in [3.05, 3.63) is 23.8 Å². The largest absolute Gasteiger partial charge is 0.394 e. The number of aryl methyl sites for hydroxylation is 1. The Labute approximate surface area is 130 Å². The Kier molecular flexibility index (Phi) is 5.38. The predicted molar refractivity (Wildman–Crippen MR) is 85.9 cm³/mol. The second-order valence-electron chi connectivity index (χ2n) is 5.67. The van der Waals surface area contributed by atoms with Gasteiger partial charge in [0.1, 0.15) is 0 Å². The van der Waals surface area contributed by atoms with Gasteiger partial charge in [-0.25, -0.2) is 4.79 Å². The molecule has 6 nitrogen and oxygen atoms in total. The first kappa shape index (κ1) is 16.3. The van der Waals surface area contributed by atoms with Crippen molar-refractivity contribution in [2.45, 2.75) is 39.2 Å². The van der Waals surface area contributed by atoms with E-state index in [2.05, 4.69) is 10.6 Å². The summed E-state index contributed by atoms with van der Waals surface area (Å²) < 4.78 is 0. The number of nitrogens with zero attached hydrogens (tertiary/aromatic N) is 1. The minimum atomic E-state index is -0.212. The van der Waals surface area contributed by atoms with E-state index in [-0.39, 0.29) is 24.6 Å². The maximum atomic E-state index is 12.4. The molecule has 0 saturated carbocycles. The number of aliphatic hydroxyl groups is 1. The number of amides is 3. The zero-order valence-electron chi connectivity index (χ0n) is 13.1. The van der Waals surface area contributed by atoms with Gasteiger partial charge in [0, 0.05) is 24.8 Å². The smallest absolute Gasteiger partial charge is 0.322 e. The van der Waals surface area contributed by atoms with Crippen molar-refractivity contribution < 1.29 is 14.7 Å². The number of rotatable bonds is 3. The summed E-state index contributed by atoms with van der Waals surface area (Å²) in [6.07, 6.45) is 2.82. The molecule has 3 amide bonds. The second kappa shape index (κ2) is 7.26. The first-order chi connectivity index (χ1) is 10.5. The molecular weight excluding hydrogens is 282 g/mol. The van der Waals surface area contributed by atoms with E-state index in [1.165, 1.54) is 6.92 Å². The number of anilines is 2. The summed E-state index contributed by atoms with van der Waals surface area (Å²) in [7, 11) is 0. The molecule has 1 aromatic carbocycles. The lowest BCUT2D eigenvalue weighted by atomic mass is 10.0. The Hall–Kier alpha value is -2.08. The number of likely N-dealkylation sites (tertiary alicyclic amines) is 1. The van der Waals surface area contributed by atoms with E-state index in [0.717, 1.165) is 24.8 Å². The van der Waals surface area contributed by atoms with Crippen LogP contribution in [0.1, 0.15) is 31.7 Å². The molecule has 22 heavy (non-hydrogen) atoms. The van der Waals surface area contributed by atoms with Gasteiger partial charge in [-0.3, -0.25) is 4.79 Å². The van der Waals surface area contributed by atoms with Crippen LogP contribution in [0.5, 0.6) is 0 Å². The molecule has 1 fully saturated rings. The van der Waals surface area contributed by atoms with E-state index in [1.54, 1.807) is 17.0 Å². The van der Waals surface area contributed by atoms with Gasteiger partial charge in [-0.1, -0.05) is 6.07 Å². The first-order valence-electron chi connectivity index (χ1n) is 7.58. The summed E-state index contributed by atoms with van der Waals surface area (Å²) in [5.74, 6) is -0.150. The molecule has 6 heteroatoms. The monoisotopic (exact) mass is 305 g/mol. The number of hydrogen-bond acceptors (Lipinski definition) is 3. The minimum absolute atomic E-state index is 0.0154. The summed E-state index contributed by atoms with van der Waals surface area (Å²) in [5, 5.41) is 15.0. The molecule has 1 aromatic rings. The molecule has 2 rings (SSSR count). The van der Waals surface area contributed by atoms with E-state index in [1.807, 2.05) is 13.0 Å². The Balaban J connectivity index is 2.09. The van der Waals surface area contributed by atoms with Crippen molar-refractivity contribution in [1.82, 2.24) is 4.90 Å². The minimum Gasteiger partial charge on any atom is -0.394 e. The molecule has 1 heterocycles. The lowest BCUT2D eigenvalue weighted by Gasteiger charge is -2.34. The van der Waals surface area contributed by atoms with Gasteiger partial charge in [-0.15, -0.1) is 0 Å². The normalized spacial score (nSPS) is 18.0. The zero-order valence-corrected chi connectivity index (χ0v) is 13.1. The number of hydrogen-bond donors (Lipinski definition) is 3. The van der Waals surface area contributed by atoms with Crippen LogP contribution in [0.3, 0.4) is 0 Å². The molecule has 1 aliphatic rings. The molecule has 3 N–H and O–H groups in total. The molecular formula is C16H23N3O3. The van der Waals surface area contributed by atoms with Crippen molar-refractivity contribution in [3.8, 4) is 0 Å². The number of nitrogens with one attached hydrogen (secondary N) is 2. The molecule has 1 atom stereocenters. The van der Waals surface area contributed by atoms with E-state index >= 15 is 0 Å². The van der Waals surface area contributed by atoms with Crippen LogP contribution >= 0.6 is 0 Å². The average molecular weight is 305 g/mol. The quantitative estimate of drug-likeness (QED) is 0.801. The Bertz CT molecular complexity index is 560. The van der Waals surface area contributed by atoms with E-state index < -0.39 is 0 Å². The summed E-state index contributed by atoms with van der Waals surface area (Å²) >= 11 is 0. The van der Waals surface area contributed by atoms with Gasteiger partial charge in [0.25, 0.3) is 0 Å². The Morgan fingerprint density at radius 1 is 1.32 bits per heavy atom. The second-order valence-corrected chi connectivity index (χ2v) is 5.67. The fraction of sp³-hybridized carbons (Fsp3) is 0.500. The molecule has 1 aliphatic heterocycles. The Morgan fingerprint density at radius 3 is 2.77 bits per heavy atom. The van der Waals surface area contributed by atoms with Crippen molar-refractivity contribution in [3.63, 3.8) is 0 Å². The fourth-order valence-corrected chi connectivity index (χ4v) is 2.68. The summed E-state index contributed by atoms with van der Waals surface area (Å²) in [6.45, 7) is 3.98. The number of urea groups is 1. The maximum absolute atomic E-state index is 12.4. The SMILES string of the molecule is CC(=O)Nc1cc(NC(=O)N2CCCC[C@H]2CO)ccc1C. The third-order valence-electron chi connectivity index (χ3n) is 3.90. The van der Waals surface area contributed by atoms with Crippen LogP contribution < -0.4 is 10.6 Å². The number of aliphatic hydroxyl groups excluding tert-OH is 1. The van der Waals surface area contributed by atoms with E-state index in [9.17, 15) is 14.7 Å². The van der Waals surface area contributed by atoms with E-state index in [0.29, 0.717) is 17.9 Å². The fourth-order valence-electron chi connectivity index (χ4n) is 2.68.